The van der Waals surface area contributed by atoms with Crippen LogP contribution in [0, 0.1) is 0 Å². The van der Waals surface area contributed by atoms with Gasteiger partial charge in [-0.05, 0) is 82.5 Å². The van der Waals surface area contributed by atoms with Gasteiger partial charge in [0, 0.05) is 32.6 Å². The van der Waals surface area contributed by atoms with Crippen LogP contribution in [0.25, 0.3) is 66.1 Å². The molecule has 2 aromatic heterocycles. The second-order valence-corrected chi connectivity index (χ2v) is 13.6. The van der Waals surface area contributed by atoms with Crippen LogP contribution in [0.3, 0.4) is 0 Å². The summed E-state index contributed by atoms with van der Waals surface area (Å²) in [5.41, 5.74) is 16.3. The van der Waals surface area contributed by atoms with Crippen molar-refractivity contribution >= 4 is 49.3 Å². The third-order valence-corrected chi connectivity index (χ3v) is 10.7. The van der Waals surface area contributed by atoms with Crippen LogP contribution in [-0.2, 0) is 5.41 Å². The molecule has 0 amide bonds. The van der Waals surface area contributed by atoms with Crippen LogP contribution >= 0.6 is 0 Å². The summed E-state index contributed by atoms with van der Waals surface area (Å²) in [5.74, 6) is 0. The Hall–Kier alpha value is -5.34. The van der Waals surface area contributed by atoms with Gasteiger partial charge in [-0.25, -0.2) is 0 Å². The largest absolute Gasteiger partial charge is 0.454 e. The van der Waals surface area contributed by atoms with Crippen LogP contribution < -0.4 is 0 Å². The molecule has 2 aliphatic carbocycles. The molecular formula is C44H33NO. The van der Waals surface area contributed by atoms with Gasteiger partial charge in [0.2, 0.25) is 0 Å². The van der Waals surface area contributed by atoms with Crippen LogP contribution in [-0.4, -0.2) is 4.57 Å². The van der Waals surface area contributed by atoms with E-state index in [9.17, 15) is 0 Å². The lowest BCUT2D eigenvalue weighted by atomic mass is 9.81. The quantitative estimate of drug-likeness (QED) is 0.200. The minimum absolute atomic E-state index is 0.153. The fourth-order valence-corrected chi connectivity index (χ4v) is 8.44. The van der Waals surface area contributed by atoms with E-state index in [0.717, 1.165) is 33.1 Å². The number of nitrogens with zero attached hydrogens (tertiary/aromatic N) is 1. The summed E-state index contributed by atoms with van der Waals surface area (Å²) in [6.45, 7) is 4.77. The molecule has 0 atom stereocenters. The van der Waals surface area contributed by atoms with E-state index in [1.54, 1.807) is 5.57 Å². The fraction of sp³-hybridized carbons (Fsp3) is 0.136. The van der Waals surface area contributed by atoms with Gasteiger partial charge in [-0.2, -0.15) is 0 Å². The number of fused-ring (bicyclic) bond motifs is 11. The first-order valence-corrected chi connectivity index (χ1v) is 16.5. The normalized spacial score (nSPS) is 15.0. The van der Waals surface area contributed by atoms with E-state index >= 15 is 0 Å². The topological polar surface area (TPSA) is 18.1 Å². The summed E-state index contributed by atoms with van der Waals surface area (Å²) >= 11 is 0. The molecule has 2 heterocycles. The van der Waals surface area contributed by atoms with E-state index in [4.69, 9.17) is 4.42 Å². The molecule has 0 unspecified atom stereocenters. The first-order chi connectivity index (χ1) is 22.6. The van der Waals surface area contributed by atoms with E-state index in [0.29, 0.717) is 0 Å². The molecule has 1 fully saturated rings. The molecule has 2 nitrogen and oxygen atoms in total. The van der Waals surface area contributed by atoms with Crippen LogP contribution in [0.2, 0.25) is 0 Å². The number of para-hydroxylation sites is 1. The Balaban J connectivity index is 1.30. The van der Waals surface area contributed by atoms with Crippen molar-refractivity contribution in [2.75, 3.05) is 0 Å². The predicted molar refractivity (Wildman–Crippen MR) is 192 cm³/mol. The minimum Gasteiger partial charge on any atom is -0.454 e. The molecule has 0 saturated heterocycles. The number of aromatic nitrogens is 1. The van der Waals surface area contributed by atoms with Crippen molar-refractivity contribution in [1.82, 2.24) is 4.57 Å². The molecule has 0 bridgehead atoms. The molecule has 220 valence electrons. The third-order valence-electron chi connectivity index (χ3n) is 10.7. The van der Waals surface area contributed by atoms with Crippen molar-refractivity contribution in [2.45, 2.75) is 38.5 Å². The van der Waals surface area contributed by atoms with Crippen molar-refractivity contribution in [3.8, 4) is 16.8 Å². The second kappa shape index (κ2) is 9.34. The first-order valence-electron chi connectivity index (χ1n) is 16.5. The van der Waals surface area contributed by atoms with E-state index in [2.05, 4.69) is 146 Å². The van der Waals surface area contributed by atoms with Crippen molar-refractivity contribution in [2.24, 2.45) is 0 Å². The van der Waals surface area contributed by atoms with Crippen molar-refractivity contribution < 1.29 is 4.42 Å². The van der Waals surface area contributed by atoms with Gasteiger partial charge in [-0.15, -0.1) is 0 Å². The summed E-state index contributed by atoms with van der Waals surface area (Å²) < 4.78 is 9.24. The van der Waals surface area contributed by atoms with Gasteiger partial charge >= 0.3 is 0 Å². The van der Waals surface area contributed by atoms with Gasteiger partial charge in [-0.1, -0.05) is 123 Å². The maximum absolute atomic E-state index is 6.74. The standard InChI is InChI=1S/C44H33NO/c1-44(2)37-17-8-6-15-31(37)33-23-24-34-35-25-26-36-32-16-7-9-18-38(32)46-43(36)42(35)45(41(34)40(33)44)30-21-19-29(20-22-30)39(28-13-10-14-28)27-11-4-3-5-12-27/h3-9,11-12,15-26H,10,13-14H2,1-2H3. The van der Waals surface area contributed by atoms with Crippen LogP contribution in [0.4, 0.5) is 0 Å². The molecule has 0 aliphatic heterocycles. The number of rotatable bonds is 3. The third kappa shape index (κ3) is 3.42. The van der Waals surface area contributed by atoms with Gasteiger partial charge in [0.25, 0.3) is 0 Å². The highest BCUT2D eigenvalue weighted by atomic mass is 16.3. The summed E-state index contributed by atoms with van der Waals surface area (Å²) in [6, 6.07) is 46.8. The SMILES string of the molecule is CC1(C)c2ccccc2-c2ccc3c4ccc5c6ccccc6oc5c4n(-c4ccc(C(=C5CCC5)c5ccccc5)cc4)c3c21. The van der Waals surface area contributed by atoms with E-state index in [1.165, 1.54) is 74.5 Å². The van der Waals surface area contributed by atoms with Crippen LogP contribution in [0.1, 0.15) is 55.4 Å². The molecule has 46 heavy (non-hydrogen) atoms. The maximum atomic E-state index is 6.74. The average Bonchev–Trinajstić information content (AvgIpc) is 3.69. The lowest BCUT2D eigenvalue weighted by Crippen LogP contribution is -2.16. The molecule has 2 aliphatic rings. The van der Waals surface area contributed by atoms with Gasteiger partial charge < -0.3 is 8.98 Å². The zero-order valence-electron chi connectivity index (χ0n) is 26.1. The Morgan fingerprint density at radius 1 is 0.587 bits per heavy atom. The monoisotopic (exact) mass is 591 g/mol. The predicted octanol–water partition coefficient (Wildman–Crippen LogP) is 12.0. The molecule has 6 aromatic carbocycles. The van der Waals surface area contributed by atoms with Gasteiger partial charge in [0.05, 0.1) is 11.0 Å². The van der Waals surface area contributed by atoms with E-state index in [1.807, 2.05) is 0 Å². The number of benzene rings is 6. The average molecular weight is 592 g/mol. The summed E-state index contributed by atoms with van der Waals surface area (Å²) in [5, 5.41) is 4.80. The Morgan fingerprint density at radius 2 is 1.26 bits per heavy atom. The number of furan rings is 1. The first kappa shape index (κ1) is 25.9. The van der Waals surface area contributed by atoms with Crippen LogP contribution in [0.5, 0.6) is 0 Å². The highest BCUT2D eigenvalue weighted by Crippen LogP contribution is 2.53. The Kier molecular flexibility index (Phi) is 5.27. The molecule has 8 aromatic rings. The summed E-state index contributed by atoms with van der Waals surface area (Å²) in [7, 11) is 0. The highest BCUT2D eigenvalue weighted by molar-refractivity contribution is 6.22. The van der Waals surface area contributed by atoms with Gasteiger partial charge in [0.1, 0.15) is 5.58 Å². The van der Waals surface area contributed by atoms with E-state index in [-0.39, 0.29) is 5.41 Å². The second-order valence-electron chi connectivity index (χ2n) is 13.6. The Morgan fingerprint density at radius 3 is 2.07 bits per heavy atom. The maximum Gasteiger partial charge on any atom is 0.160 e. The molecular weight excluding hydrogens is 558 g/mol. The highest BCUT2D eigenvalue weighted by Gasteiger charge is 2.38. The Labute approximate surface area is 268 Å². The number of allylic oxidation sites excluding steroid dienone is 1. The molecule has 2 heteroatoms. The molecule has 0 spiro atoms. The van der Waals surface area contributed by atoms with Crippen molar-refractivity contribution in [1.29, 1.82) is 0 Å². The Bertz CT molecular complexity index is 2550. The lowest BCUT2D eigenvalue weighted by molar-refractivity contribution is 0.662. The van der Waals surface area contributed by atoms with Gasteiger partial charge in [-0.3, -0.25) is 0 Å². The smallest absolute Gasteiger partial charge is 0.160 e. The van der Waals surface area contributed by atoms with Crippen LogP contribution in [0.15, 0.2) is 137 Å². The summed E-state index contributed by atoms with van der Waals surface area (Å²) in [4.78, 5) is 0. The lowest BCUT2D eigenvalue weighted by Gasteiger charge is -2.24. The number of hydrogen-bond donors (Lipinski definition) is 0. The summed E-state index contributed by atoms with van der Waals surface area (Å²) in [6.07, 6.45) is 3.65. The molecule has 1 saturated carbocycles. The fourth-order valence-electron chi connectivity index (χ4n) is 8.44. The molecule has 10 rings (SSSR count). The van der Waals surface area contributed by atoms with Gasteiger partial charge in [0.15, 0.2) is 5.58 Å². The number of hydrogen-bond acceptors (Lipinski definition) is 1. The zero-order valence-corrected chi connectivity index (χ0v) is 26.1. The van der Waals surface area contributed by atoms with Crippen molar-refractivity contribution in [3.63, 3.8) is 0 Å². The minimum atomic E-state index is -0.153. The molecule has 0 N–H and O–H groups in total. The molecule has 0 radical (unpaired) electrons. The zero-order chi connectivity index (χ0) is 30.6. The van der Waals surface area contributed by atoms with E-state index < -0.39 is 0 Å². The van der Waals surface area contributed by atoms with Crippen molar-refractivity contribution in [3.05, 3.63) is 155 Å².